The van der Waals surface area contributed by atoms with E-state index < -0.39 is 5.91 Å². The molecule has 0 fully saturated rings. The van der Waals surface area contributed by atoms with Crippen molar-refractivity contribution in [2.75, 3.05) is 11.9 Å². The number of nitrogens with one attached hydrogen (secondary N) is 1. The molecule has 0 aromatic heterocycles. The highest BCUT2D eigenvalue weighted by Gasteiger charge is 2.10. The molecule has 3 N–H and O–H groups in total. The Morgan fingerprint density at radius 1 is 1.24 bits per heavy atom. The van der Waals surface area contributed by atoms with Gasteiger partial charge in [-0.1, -0.05) is 26.0 Å². The van der Waals surface area contributed by atoms with Crippen LogP contribution in [0.1, 0.15) is 42.1 Å². The van der Waals surface area contributed by atoms with E-state index in [1.54, 1.807) is 18.2 Å². The van der Waals surface area contributed by atoms with E-state index in [-0.39, 0.29) is 12.5 Å². The Balaban J connectivity index is 1.96. The summed E-state index contributed by atoms with van der Waals surface area (Å²) in [7, 11) is 0. The van der Waals surface area contributed by atoms with Crippen LogP contribution in [0.2, 0.25) is 0 Å². The molecule has 2 aromatic rings. The minimum Gasteiger partial charge on any atom is -0.483 e. The van der Waals surface area contributed by atoms with Crippen LogP contribution in [0.4, 0.5) is 5.69 Å². The predicted octanol–water partition coefficient (Wildman–Crippen LogP) is 4.08. The van der Waals surface area contributed by atoms with Crippen molar-refractivity contribution in [2.45, 2.75) is 26.2 Å². The third kappa shape index (κ3) is 5.32. The van der Waals surface area contributed by atoms with Gasteiger partial charge in [-0.2, -0.15) is 0 Å². The molecule has 5 nitrogen and oxygen atoms in total. The number of carbonyl (C=O) groups excluding carboxylic acids is 2. The SMILES string of the molecule is CCC(C)c1ccc(OCC(=O)Nc2cccc(C(N)=O)c2)c(Br)c1. The maximum Gasteiger partial charge on any atom is 0.262 e. The van der Waals surface area contributed by atoms with Crippen molar-refractivity contribution >= 4 is 33.4 Å². The molecule has 132 valence electrons. The van der Waals surface area contributed by atoms with Crippen LogP contribution in [0.5, 0.6) is 5.75 Å². The fourth-order valence-corrected chi connectivity index (χ4v) is 2.78. The van der Waals surface area contributed by atoms with Gasteiger partial charge in [-0.3, -0.25) is 9.59 Å². The molecular weight excluding hydrogens is 384 g/mol. The summed E-state index contributed by atoms with van der Waals surface area (Å²) >= 11 is 3.48. The van der Waals surface area contributed by atoms with Gasteiger partial charge in [-0.15, -0.1) is 0 Å². The first-order valence-electron chi connectivity index (χ1n) is 8.02. The second-order valence-electron chi connectivity index (χ2n) is 5.78. The molecule has 0 bridgehead atoms. The summed E-state index contributed by atoms with van der Waals surface area (Å²) in [5.74, 6) is 0.205. The Morgan fingerprint density at radius 3 is 2.64 bits per heavy atom. The van der Waals surface area contributed by atoms with E-state index >= 15 is 0 Å². The molecule has 0 saturated carbocycles. The second-order valence-corrected chi connectivity index (χ2v) is 6.64. The van der Waals surface area contributed by atoms with Crippen molar-refractivity contribution in [3.63, 3.8) is 0 Å². The van der Waals surface area contributed by atoms with E-state index in [0.29, 0.717) is 22.9 Å². The number of primary amides is 1. The molecule has 2 aromatic carbocycles. The number of halogens is 1. The second kappa shape index (κ2) is 8.67. The smallest absolute Gasteiger partial charge is 0.262 e. The lowest BCUT2D eigenvalue weighted by Crippen LogP contribution is -2.20. The summed E-state index contributed by atoms with van der Waals surface area (Å²) < 4.78 is 6.38. The summed E-state index contributed by atoms with van der Waals surface area (Å²) in [6, 6.07) is 12.3. The highest BCUT2D eigenvalue weighted by atomic mass is 79.9. The number of nitrogens with two attached hydrogens (primary N) is 1. The molecule has 6 heteroatoms. The molecule has 1 atom stereocenters. The number of amides is 2. The van der Waals surface area contributed by atoms with Crippen molar-refractivity contribution in [1.82, 2.24) is 0 Å². The lowest BCUT2D eigenvalue weighted by atomic mass is 9.99. The molecule has 25 heavy (non-hydrogen) atoms. The molecule has 0 spiro atoms. The van der Waals surface area contributed by atoms with Crippen LogP contribution in [-0.4, -0.2) is 18.4 Å². The number of anilines is 1. The van der Waals surface area contributed by atoms with Crippen LogP contribution >= 0.6 is 15.9 Å². The van der Waals surface area contributed by atoms with Gasteiger partial charge >= 0.3 is 0 Å². The van der Waals surface area contributed by atoms with E-state index in [0.717, 1.165) is 10.9 Å². The predicted molar refractivity (Wildman–Crippen MR) is 102 cm³/mol. The van der Waals surface area contributed by atoms with Crippen LogP contribution in [0.15, 0.2) is 46.9 Å². The van der Waals surface area contributed by atoms with E-state index in [4.69, 9.17) is 10.5 Å². The number of rotatable bonds is 7. The van der Waals surface area contributed by atoms with Crippen molar-refractivity contribution in [2.24, 2.45) is 5.73 Å². The topological polar surface area (TPSA) is 81.4 Å². The van der Waals surface area contributed by atoms with Gasteiger partial charge < -0.3 is 15.8 Å². The summed E-state index contributed by atoms with van der Waals surface area (Å²) in [6.45, 7) is 4.17. The van der Waals surface area contributed by atoms with Crippen molar-refractivity contribution in [1.29, 1.82) is 0 Å². The lowest BCUT2D eigenvalue weighted by Gasteiger charge is -2.13. The fraction of sp³-hybridized carbons (Fsp3) is 0.263. The minimum atomic E-state index is -0.544. The molecule has 0 saturated heterocycles. The van der Waals surface area contributed by atoms with Gasteiger partial charge in [-0.25, -0.2) is 0 Å². The van der Waals surface area contributed by atoms with Crippen molar-refractivity contribution in [3.8, 4) is 5.75 Å². The molecular formula is C19H21BrN2O3. The maximum absolute atomic E-state index is 12.0. The van der Waals surface area contributed by atoms with E-state index in [1.807, 2.05) is 18.2 Å². The van der Waals surface area contributed by atoms with Gasteiger partial charge in [0.15, 0.2) is 6.61 Å². The van der Waals surface area contributed by atoms with Gasteiger partial charge in [-0.05, 0) is 64.2 Å². The zero-order valence-electron chi connectivity index (χ0n) is 14.2. The van der Waals surface area contributed by atoms with Gasteiger partial charge in [0.1, 0.15) is 5.75 Å². The normalized spacial score (nSPS) is 11.6. The van der Waals surface area contributed by atoms with Crippen LogP contribution in [-0.2, 0) is 4.79 Å². The monoisotopic (exact) mass is 404 g/mol. The van der Waals surface area contributed by atoms with Crippen LogP contribution in [0, 0.1) is 0 Å². The quantitative estimate of drug-likeness (QED) is 0.729. The van der Waals surface area contributed by atoms with Crippen molar-refractivity contribution in [3.05, 3.63) is 58.1 Å². The number of carbonyl (C=O) groups is 2. The highest BCUT2D eigenvalue weighted by Crippen LogP contribution is 2.30. The maximum atomic E-state index is 12.0. The number of ether oxygens (including phenoxy) is 1. The van der Waals surface area contributed by atoms with Crippen LogP contribution in [0.3, 0.4) is 0 Å². The number of hydrogen-bond acceptors (Lipinski definition) is 3. The molecule has 2 rings (SSSR count). The van der Waals surface area contributed by atoms with Crippen LogP contribution in [0.25, 0.3) is 0 Å². The molecule has 2 amide bonds. The molecule has 0 radical (unpaired) electrons. The summed E-state index contributed by atoms with van der Waals surface area (Å²) in [5.41, 5.74) is 7.28. The Kier molecular flexibility index (Phi) is 6.58. The largest absolute Gasteiger partial charge is 0.483 e. The molecule has 0 aliphatic carbocycles. The Hall–Kier alpha value is -2.34. The summed E-state index contributed by atoms with van der Waals surface area (Å²) in [4.78, 5) is 23.2. The Morgan fingerprint density at radius 2 is 2.00 bits per heavy atom. The average Bonchev–Trinajstić information content (AvgIpc) is 2.60. The first kappa shape index (κ1) is 19.0. The molecule has 0 aliphatic heterocycles. The van der Waals surface area contributed by atoms with Gasteiger partial charge in [0, 0.05) is 11.3 Å². The third-order valence-electron chi connectivity index (χ3n) is 3.93. The first-order valence-corrected chi connectivity index (χ1v) is 8.82. The third-order valence-corrected chi connectivity index (χ3v) is 4.55. The zero-order valence-corrected chi connectivity index (χ0v) is 15.8. The van der Waals surface area contributed by atoms with E-state index in [9.17, 15) is 9.59 Å². The van der Waals surface area contributed by atoms with E-state index in [1.165, 1.54) is 11.6 Å². The minimum absolute atomic E-state index is 0.137. The van der Waals surface area contributed by atoms with Gasteiger partial charge in [0.05, 0.1) is 4.47 Å². The van der Waals surface area contributed by atoms with Crippen LogP contribution < -0.4 is 15.8 Å². The Labute approximate surface area is 155 Å². The number of hydrogen-bond donors (Lipinski definition) is 2. The fourth-order valence-electron chi connectivity index (χ4n) is 2.27. The van der Waals surface area contributed by atoms with E-state index in [2.05, 4.69) is 35.1 Å². The van der Waals surface area contributed by atoms with Crippen molar-refractivity contribution < 1.29 is 14.3 Å². The lowest BCUT2D eigenvalue weighted by molar-refractivity contribution is -0.118. The highest BCUT2D eigenvalue weighted by molar-refractivity contribution is 9.10. The average molecular weight is 405 g/mol. The number of benzene rings is 2. The summed E-state index contributed by atoms with van der Waals surface area (Å²) in [5, 5.41) is 2.68. The standard InChI is InChI=1S/C19H21BrN2O3/c1-3-12(2)13-7-8-17(16(20)10-13)25-11-18(23)22-15-6-4-5-14(9-15)19(21)24/h4-10,12H,3,11H2,1-2H3,(H2,21,24)(H,22,23). The molecule has 1 unspecified atom stereocenters. The summed E-state index contributed by atoms with van der Waals surface area (Å²) in [6.07, 6.45) is 1.05. The molecule has 0 heterocycles. The first-order chi connectivity index (χ1) is 11.9. The Bertz CT molecular complexity index is 777. The van der Waals surface area contributed by atoms with Gasteiger partial charge in [0.2, 0.25) is 5.91 Å². The zero-order chi connectivity index (χ0) is 18.4. The van der Waals surface area contributed by atoms with Gasteiger partial charge in [0.25, 0.3) is 5.91 Å². The molecule has 0 aliphatic rings.